The minimum atomic E-state index is -0.198. The molecule has 1 saturated carbocycles. The number of ether oxygens (including phenoxy) is 5. The van der Waals surface area contributed by atoms with Crippen molar-refractivity contribution in [3.05, 3.63) is 93.2 Å². The predicted molar refractivity (Wildman–Crippen MR) is 413 cm³/mol. The number of rotatable bonds is 47. The van der Waals surface area contributed by atoms with E-state index in [1.807, 2.05) is 0 Å². The van der Waals surface area contributed by atoms with Crippen molar-refractivity contribution in [2.75, 3.05) is 98.5 Å². The highest BCUT2D eigenvalue weighted by Gasteiger charge is 2.37. The third kappa shape index (κ3) is 35.4. The number of carbonyl (C=O) groups is 7. The molecule has 4 atom stereocenters. The second-order valence-corrected chi connectivity index (χ2v) is 31.9. The van der Waals surface area contributed by atoms with Crippen LogP contribution in [0.15, 0.2) is 93.2 Å². The second kappa shape index (κ2) is 49.1. The van der Waals surface area contributed by atoms with Gasteiger partial charge in [0.15, 0.2) is 0 Å². The average Bonchev–Trinajstić information content (AvgIpc) is 1.72. The molecule has 0 bridgehead atoms. The maximum atomic E-state index is 14.6. The van der Waals surface area contributed by atoms with Gasteiger partial charge >= 0.3 is 29.8 Å². The van der Waals surface area contributed by atoms with Crippen LogP contribution in [0.3, 0.4) is 0 Å². The third-order valence-electron chi connectivity index (χ3n) is 22.2. The molecule has 1 saturated heterocycles. The minimum Gasteiger partial charge on any atom is -0.466 e. The first-order chi connectivity index (χ1) is 49.7. The largest absolute Gasteiger partial charge is 0.466 e. The average molecular weight is 1430 g/mol. The Morgan fingerprint density at radius 2 is 0.728 bits per heavy atom. The topological polar surface area (TPSA) is 179 Å². The summed E-state index contributed by atoms with van der Waals surface area (Å²) >= 11 is 0. The number of unbranched alkanes of at least 4 members (excludes halogenated alkanes) is 1. The quantitative estimate of drug-likeness (QED) is 0.0243. The molecule has 6 rings (SSSR count). The molecule has 0 aromatic rings. The lowest BCUT2D eigenvalue weighted by molar-refractivity contribution is -0.150. The number of esters is 5. The van der Waals surface area contributed by atoms with Gasteiger partial charge in [0.1, 0.15) is 0 Å². The summed E-state index contributed by atoms with van der Waals surface area (Å²) < 4.78 is 29.3. The molecular formula is C87H138N4O12. The lowest BCUT2D eigenvalue weighted by atomic mass is 9.77. The predicted octanol–water partition coefficient (Wildman–Crippen LogP) is 18.1. The van der Waals surface area contributed by atoms with E-state index in [1.165, 1.54) is 83.1 Å². The highest BCUT2D eigenvalue weighted by atomic mass is 16.5. The van der Waals surface area contributed by atoms with Crippen LogP contribution in [-0.2, 0) is 57.2 Å². The highest BCUT2D eigenvalue weighted by molar-refractivity contribution is 5.78. The molecule has 0 N–H and O–H groups in total. The zero-order valence-corrected chi connectivity index (χ0v) is 65.7. The standard InChI is InChI=1S/C87H138N4O12/c1-68(2)22-13-26-72-31-39-76(40-32-72)83(95)100-64-18-55-90(56-19-65-101-84(96)77-41-33-73(34-42-77)27-14-23-69(3)4)80(92)47-59-88(53-11-12-63-99-82(94)30-17-54-89-61-51-87(52-62-89)49-9-10-50-87)60-48-81(93)91(57-20-66-102-85(97)78-43-35-74(36-44-78)28-15-24-70(5)6)58-21-67-103-86(98)79-45-37-75(38-46-79)29-16-25-71(7)8/h22-25,31,33,35,37,76-79H,9-21,26-30,32,34,36,38-67H2,1-8H3. The van der Waals surface area contributed by atoms with E-state index in [2.05, 4.69) is 114 Å². The van der Waals surface area contributed by atoms with Crippen molar-refractivity contribution in [3.63, 3.8) is 0 Å². The van der Waals surface area contributed by atoms with E-state index in [9.17, 15) is 33.6 Å². The van der Waals surface area contributed by atoms with Crippen molar-refractivity contribution >= 4 is 41.7 Å². The summed E-state index contributed by atoms with van der Waals surface area (Å²) in [6.07, 6.45) is 47.9. The first kappa shape index (κ1) is 86.1. The van der Waals surface area contributed by atoms with Crippen LogP contribution in [0.2, 0.25) is 0 Å². The van der Waals surface area contributed by atoms with Crippen molar-refractivity contribution in [2.24, 2.45) is 29.1 Å². The first-order valence-corrected chi connectivity index (χ1v) is 40.8. The Bertz CT molecular complexity index is 2580. The molecule has 0 aromatic heterocycles. The SMILES string of the molecule is CC(C)=CCCC1=CCC(C(=O)OCCCN(CCCOC(=O)C2CC=C(CCC=C(C)C)CC2)C(=O)CCN(CCCCOC(=O)CCCN2CCC3(CCCC3)CC2)CCC(=O)N(CCCOC(=O)C2CC=C(CCC=C(C)C)CC2)CCCOC(=O)C2CC=C(CCC=C(C)C)CC2)CC1. The Morgan fingerprint density at radius 1 is 0.398 bits per heavy atom. The summed E-state index contributed by atoms with van der Waals surface area (Å²) in [4.78, 5) is 104. The Hall–Kier alpha value is -5.87. The molecule has 1 aliphatic heterocycles. The van der Waals surface area contributed by atoms with Crippen molar-refractivity contribution in [1.82, 2.24) is 19.6 Å². The molecule has 103 heavy (non-hydrogen) atoms. The molecule has 0 aromatic carbocycles. The Kier molecular flexibility index (Phi) is 41.0. The Morgan fingerprint density at radius 3 is 1.04 bits per heavy atom. The number of carbonyl (C=O) groups excluding carboxylic acids is 7. The fourth-order valence-corrected chi connectivity index (χ4v) is 15.6. The van der Waals surface area contributed by atoms with Crippen molar-refractivity contribution in [3.8, 4) is 0 Å². The van der Waals surface area contributed by atoms with E-state index < -0.39 is 0 Å². The molecule has 4 unspecified atom stereocenters. The molecule has 16 heteroatoms. The summed E-state index contributed by atoms with van der Waals surface area (Å²) in [6.45, 7) is 23.8. The van der Waals surface area contributed by atoms with Gasteiger partial charge in [-0.1, -0.05) is 106 Å². The first-order valence-electron chi connectivity index (χ1n) is 40.8. The Labute approximate surface area is 622 Å². The number of nitrogens with zero attached hydrogens (tertiary/aromatic N) is 4. The molecule has 578 valence electrons. The molecule has 16 nitrogen and oxygen atoms in total. The van der Waals surface area contributed by atoms with Gasteiger partial charge in [0.05, 0.1) is 56.7 Å². The maximum absolute atomic E-state index is 14.6. The molecule has 2 amide bonds. The van der Waals surface area contributed by atoms with Gasteiger partial charge in [-0.05, 0) is 286 Å². The molecule has 1 spiro atoms. The number of likely N-dealkylation sites (tertiary alicyclic amines) is 1. The fraction of sp³-hybridized carbons (Fsp3) is 0.736. The summed E-state index contributed by atoms with van der Waals surface area (Å²) in [6, 6.07) is 0. The fourth-order valence-electron chi connectivity index (χ4n) is 15.6. The van der Waals surface area contributed by atoms with E-state index in [4.69, 9.17) is 23.7 Å². The number of hydrogen-bond donors (Lipinski definition) is 0. The zero-order chi connectivity index (χ0) is 74.0. The second-order valence-electron chi connectivity index (χ2n) is 31.9. The molecular weight excluding hydrogens is 1290 g/mol. The van der Waals surface area contributed by atoms with Crippen molar-refractivity contribution in [1.29, 1.82) is 0 Å². The van der Waals surface area contributed by atoms with Gasteiger partial charge in [-0.2, -0.15) is 0 Å². The molecule has 0 radical (unpaired) electrons. The molecule has 5 aliphatic carbocycles. The van der Waals surface area contributed by atoms with Crippen molar-refractivity contribution in [2.45, 2.75) is 287 Å². The van der Waals surface area contributed by atoms with E-state index in [0.717, 1.165) is 129 Å². The smallest absolute Gasteiger partial charge is 0.309 e. The molecule has 2 fully saturated rings. The molecule has 1 heterocycles. The van der Waals surface area contributed by atoms with Gasteiger partial charge in [0.2, 0.25) is 11.8 Å². The third-order valence-corrected chi connectivity index (χ3v) is 22.2. The van der Waals surface area contributed by atoms with E-state index in [1.54, 1.807) is 9.80 Å². The number of allylic oxidation sites excluding steroid dienone is 16. The summed E-state index contributed by atoms with van der Waals surface area (Å²) in [5, 5.41) is 0. The van der Waals surface area contributed by atoms with Gasteiger partial charge in [-0.15, -0.1) is 0 Å². The summed E-state index contributed by atoms with van der Waals surface area (Å²) in [7, 11) is 0. The summed E-state index contributed by atoms with van der Waals surface area (Å²) in [5.41, 5.74) is 11.4. The van der Waals surface area contributed by atoms with Crippen LogP contribution < -0.4 is 0 Å². The minimum absolute atomic E-state index is 0.0827. The van der Waals surface area contributed by atoms with Gasteiger partial charge in [-0.25, -0.2) is 0 Å². The van der Waals surface area contributed by atoms with Crippen LogP contribution in [0.25, 0.3) is 0 Å². The van der Waals surface area contributed by atoms with Gasteiger partial charge in [-0.3, -0.25) is 33.6 Å². The van der Waals surface area contributed by atoms with Gasteiger partial charge in [0, 0.05) is 58.5 Å². The van der Waals surface area contributed by atoms with Gasteiger partial charge in [0.25, 0.3) is 0 Å². The van der Waals surface area contributed by atoms with Crippen LogP contribution in [0.1, 0.15) is 287 Å². The normalized spacial score (nSPS) is 19.5. The van der Waals surface area contributed by atoms with E-state index in [0.29, 0.717) is 122 Å². The summed E-state index contributed by atoms with van der Waals surface area (Å²) in [5.74, 6) is -1.86. The van der Waals surface area contributed by atoms with Crippen LogP contribution in [0.5, 0.6) is 0 Å². The lowest BCUT2D eigenvalue weighted by Gasteiger charge is -2.39. The maximum Gasteiger partial charge on any atom is 0.309 e. The van der Waals surface area contributed by atoms with Crippen molar-refractivity contribution < 1.29 is 57.2 Å². The van der Waals surface area contributed by atoms with E-state index >= 15 is 0 Å². The van der Waals surface area contributed by atoms with Crippen LogP contribution in [0, 0.1) is 29.1 Å². The number of piperidine rings is 1. The van der Waals surface area contributed by atoms with Crippen LogP contribution >= 0.6 is 0 Å². The van der Waals surface area contributed by atoms with Crippen LogP contribution in [0.4, 0.5) is 0 Å². The van der Waals surface area contributed by atoms with Gasteiger partial charge < -0.3 is 43.3 Å². The zero-order valence-electron chi connectivity index (χ0n) is 65.7. The number of hydrogen-bond acceptors (Lipinski definition) is 14. The lowest BCUT2D eigenvalue weighted by Crippen LogP contribution is -2.39. The number of amides is 2. The Balaban J connectivity index is 1.08. The van der Waals surface area contributed by atoms with Crippen LogP contribution in [-0.4, -0.2) is 160 Å². The molecule has 6 aliphatic rings. The monoisotopic (exact) mass is 1430 g/mol. The van der Waals surface area contributed by atoms with E-state index in [-0.39, 0.29) is 111 Å². The highest BCUT2D eigenvalue weighted by Crippen LogP contribution is 2.46.